The molecule has 1 aliphatic rings. The minimum Gasteiger partial charge on any atom is -0.461 e. The maximum atomic E-state index is 13.4. The number of esters is 2. The van der Waals surface area contributed by atoms with Crippen LogP contribution in [0.25, 0.3) is 0 Å². The molecule has 0 amide bonds. The molecule has 0 heterocycles. The lowest BCUT2D eigenvalue weighted by molar-refractivity contribution is -0.171. The van der Waals surface area contributed by atoms with Gasteiger partial charge in [-0.15, -0.1) is 0 Å². The molecule has 0 unspecified atom stereocenters. The molecule has 1 N–H and O–H groups in total. The number of ketones is 1. The van der Waals surface area contributed by atoms with E-state index in [1.807, 2.05) is 0 Å². The molecule has 2 rings (SSSR count). The van der Waals surface area contributed by atoms with Crippen molar-refractivity contribution in [1.29, 1.82) is 0 Å². The van der Waals surface area contributed by atoms with Crippen LogP contribution in [0.4, 0.5) is 4.39 Å². The third-order valence-electron chi connectivity index (χ3n) is 4.72. The van der Waals surface area contributed by atoms with Crippen molar-refractivity contribution in [3.05, 3.63) is 61.0 Å². The van der Waals surface area contributed by atoms with Gasteiger partial charge >= 0.3 is 11.9 Å². The maximum absolute atomic E-state index is 13.4. The van der Waals surface area contributed by atoms with Crippen LogP contribution in [0.15, 0.2) is 49.6 Å². The molecule has 0 bridgehead atoms. The molecular weight excluding hydrogens is 367 g/mol. The van der Waals surface area contributed by atoms with Crippen molar-refractivity contribution in [2.24, 2.45) is 11.8 Å². The van der Waals surface area contributed by atoms with Gasteiger partial charge in [0, 0.05) is 12.3 Å². The van der Waals surface area contributed by atoms with Crippen LogP contribution >= 0.6 is 0 Å². The van der Waals surface area contributed by atoms with Gasteiger partial charge in [0.2, 0.25) is 0 Å². The van der Waals surface area contributed by atoms with E-state index in [9.17, 15) is 23.9 Å². The predicted octanol–water partition coefficient (Wildman–Crippen LogP) is 2.32. The number of hydrogen-bond acceptors (Lipinski definition) is 6. The lowest BCUT2D eigenvalue weighted by Gasteiger charge is -2.43. The molecule has 4 atom stereocenters. The smallest absolute Gasteiger partial charge is 0.317 e. The number of Topliss-reactive ketones (excluding diaryl/α,β-unsaturated/α-hetero) is 1. The van der Waals surface area contributed by atoms with E-state index in [0.29, 0.717) is 5.56 Å². The Morgan fingerprint density at radius 1 is 1.18 bits per heavy atom. The second-order valence-corrected chi connectivity index (χ2v) is 6.87. The Bertz CT molecular complexity index is 768. The quantitative estimate of drug-likeness (QED) is 0.437. The van der Waals surface area contributed by atoms with Gasteiger partial charge in [-0.25, -0.2) is 4.39 Å². The summed E-state index contributed by atoms with van der Waals surface area (Å²) < 4.78 is 23.6. The zero-order valence-corrected chi connectivity index (χ0v) is 15.6. The van der Waals surface area contributed by atoms with E-state index in [4.69, 9.17) is 9.47 Å². The van der Waals surface area contributed by atoms with Crippen LogP contribution in [-0.4, -0.2) is 41.6 Å². The van der Waals surface area contributed by atoms with Crippen LogP contribution < -0.4 is 0 Å². The first kappa shape index (κ1) is 21.5. The van der Waals surface area contributed by atoms with Crippen LogP contribution in [-0.2, 0) is 23.9 Å². The third-order valence-corrected chi connectivity index (χ3v) is 4.72. The second-order valence-electron chi connectivity index (χ2n) is 6.87. The fraction of sp³-hybridized carbons (Fsp3) is 0.381. The van der Waals surface area contributed by atoms with Gasteiger partial charge < -0.3 is 14.6 Å². The number of halogens is 1. The Hall–Kier alpha value is -2.80. The van der Waals surface area contributed by atoms with Crippen molar-refractivity contribution in [2.45, 2.75) is 24.9 Å². The largest absolute Gasteiger partial charge is 0.461 e. The molecule has 1 aromatic rings. The highest BCUT2D eigenvalue weighted by Gasteiger charge is 2.57. The third kappa shape index (κ3) is 4.54. The molecule has 28 heavy (non-hydrogen) atoms. The zero-order valence-electron chi connectivity index (χ0n) is 15.6. The van der Waals surface area contributed by atoms with Crippen LogP contribution in [0.3, 0.4) is 0 Å². The van der Waals surface area contributed by atoms with Gasteiger partial charge in [-0.1, -0.05) is 37.4 Å². The number of aliphatic hydroxyl groups is 1. The molecule has 6 nitrogen and oxygen atoms in total. The van der Waals surface area contributed by atoms with Crippen molar-refractivity contribution in [2.75, 3.05) is 13.2 Å². The Labute approximate surface area is 162 Å². The van der Waals surface area contributed by atoms with Crippen LogP contribution in [0.2, 0.25) is 0 Å². The Kier molecular flexibility index (Phi) is 6.85. The van der Waals surface area contributed by atoms with E-state index < -0.39 is 53.3 Å². The minimum atomic E-state index is -1.76. The number of carbonyl (C=O) groups is 3. The molecule has 0 aromatic heterocycles. The van der Waals surface area contributed by atoms with Gasteiger partial charge in [0.15, 0.2) is 5.78 Å². The summed E-state index contributed by atoms with van der Waals surface area (Å²) in [5, 5.41) is 10.8. The van der Waals surface area contributed by atoms with Crippen LogP contribution in [0.1, 0.15) is 24.8 Å². The van der Waals surface area contributed by atoms with Crippen molar-refractivity contribution in [3.63, 3.8) is 0 Å². The molecule has 1 aliphatic carbocycles. The zero-order chi connectivity index (χ0) is 20.9. The molecule has 7 heteroatoms. The highest BCUT2D eigenvalue weighted by atomic mass is 19.1. The van der Waals surface area contributed by atoms with E-state index in [-0.39, 0.29) is 13.2 Å². The molecule has 1 saturated carbocycles. The topological polar surface area (TPSA) is 89.9 Å². The lowest BCUT2D eigenvalue weighted by Crippen LogP contribution is -2.55. The van der Waals surface area contributed by atoms with Crippen molar-refractivity contribution in [1.82, 2.24) is 0 Å². The van der Waals surface area contributed by atoms with Gasteiger partial charge in [0.1, 0.15) is 24.9 Å². The van der Waals surface area contributed by atoms with Crippen LogP contribution in [0, 0.1) is 17.7 Å². The molecule has 0 spiro atoms. The molecule has 0 radical (unpaired) electrons. The van der Waals surface area contributed by atoms with E-state index in [0.717, 1.165) is 12.1 Å². The first-order valence-electron chi connectivity index (χ1n) is 8.78. The second kappa shape index (κ2) is 8.93. The summed E-state index contributed by atoms with van der Waals surface area (Å²) in [5.41, 5.74) is -1.42. The number of rotatable bonds is 7. The lowest BCUT2D eigenvalue weighted by atomic mass is 9.62. The van der Waals surface area contributed by atoms with Crippen molar-refractivity contribution >= 4 is 17.7 Å². The van der Waals surface area contributed by atoms with E-state index in [2.05, 4.69) is 13.2 Å². The molecule has 150 valence electrons. The predicted molar refractivity (Wildman–Crippen MR) is 98.7 cm³/mol. The highest BCUT2D eigenvalue weighted by Crippen LogP contribution is 2.46. The Morgan fingerprint density at radius 2 is 1.71 bits per heavy atom. The first-order valence-corrected chi connectivity index (χ1v) is 8.78. The number of carbonyl (C=O) groups excluding carboxylic acids is 3. The summed E-state index contributed by atoms with van der Waals surface area (Å²) in [6, 6.07) is 5.05. The molecular formula is C21H23FO6. The Balaban J connectivity index is 2.56. The SMILES string of the molecule is C=CCOC(=O)[C@H]1C(=O)C[C@@](C)(O)[C@@H](C(=O)OCC=C)[C@H]1c1ccc(F)cc1. The molecule has 0 saturated heterocycles. The summed E-state index contributed by atoms with van der Waals surface area (Å²) in [6.45, 7) is 8.06. The standard InChI is InChI=1S/C21H23FO6/c1-4-10-27-19(24)17-15(23)12-21(3,26)18(20(25)28-11-5-2)16(17)13-6-8-14(22)9-7-13/h4-9,16-18,26H,1-2,10-12H2,3H3/t16-,17-,18+,21+/m0/s1. The minimum absolute atomic E-state index is 0.0962. The first-order chi connectivity index (χ1) is 13.2. The fourth-order valence-electron chi connectivity index (χ4n) is 3.56. The number of ether oxygens (including phenoxy) is 2. The summed E-state index contributed by atoms with van der Waals surface area (Å²) in [7, 11) is 0. The summed E-state index contributed by atoms with van der Waals surface area (Å²) in [4.78, 5) is 38.0. The van der Waals surface area contributed by atoms with E-state index >= 15 is 0 Å². The molecule has 1 aromatic carbocycles. The summed E-state index contributed by atoms with van der Waals surface area (Å²) in [5.74, 6) is -6.37. The Morgan fingerprint density at radius 3 is 2.25 bits per heavy atom. The maximum Gasteiger partial charge on any atom is 0.317 e. The summed E-state index contributed by atoms with van der Waals surface area (Å²) >= 11 is 0. The van der Waals surface area contributed by atoms with Gasteiger partial charge in [-0.2, -0.15) is 0 Å². The van der Waals surface area contributed by atoms with Crippen molar-refractivity contribution in [3.8, 4) is 0 Å². The summed E-state index contributed by atoms with van der Waals surface area (Å²) in [6.07, 6.45) is 2.29. The highest BCUT2D eigenvalue weighted by molar-refractivity contribution is 6.02. The number of hydrogen-bond donors (Lipinski definition) is 1. The average molecular weight is 390 g/mol. The van der Waals surface area contributed by atoms with E-state index in [1.165, 1.54) is 31.2 Å². The van der Waals surface area contributed by atoms with Crippen LogP contribution in [0.5, 0.6) is 0 Å². The van der Waals surface area contributed by atoms with Gasteiger partial charge in [0.05, 0.1) is 11.5 Å². The van der Waals surface area contributed by atoms with Gasteiger partial charge in [-0.05, 0) is 24.6 Å². The molecule has 1 fully saturated rings. The monoisotopic (exact) mass is 390 g/mol. The van der Waals surface area contributed by atoms with E-state index in [1.54, 1.807) is 0 Å². The average Bonchev–Trinajstić information content (AvgIpc) is 2.63. The normalized spacial score (nSPS) is 27.0. The van der Waals surface area contributed by atoms with Crippen molar-refractivity contribution < 1.29 is 33.4 Å². The molecule has 0 aliphatic heterocycles. The fourth-order valence-corrected chi connectivity index (χ4v) is 3.56. The van der Waals surface area contributed by atoms with Gasteiger partial charge in [-0.3, -0.25) is 14.4 Å². The van der Waals surface area contributed by atoms with Gasteiger partial charge in [0.25, 0.3) is 0 Å². The number of benzene rings is 1.